The zero-order chi connectivity index (χ0) is 12.3. The molecule has 2 heterocycles. The average molecular weight is 251 g/mol. The summed E-state index contributed by atoms with van der Waals surface area (Å²) in [4.78, 5) is 4.31. The zero-order valence-electron chi connectivity index (χ0n) is 9.62. The molecule has 0 atom stereocenters. The van der Waals surface area contributed by atoms with E-state index in [4.69, 9.17) is 10.5 Å². The first-order valence-electron chi connectivity index (χ1n) is 4.98. The quantitative estimate of drug-likeness (QED) is 0.819. The molecular weight excluding hydrogens is 238 g/mol. The molecule has 0 aromatic carbocycles. The predicted octanol–water partition coefficient (Wildman–Crippen LogP) is 1.09. The van der Waals surface area contributed by atoms with Crippen molar-refractivity contribution in [3.63, 3.8) is 0 Å². The number of anilines is 1. The Balaban J connectivity index is 2.04. The summed E-state index contributed by atoms with van der Waals surface area (Å²) >= 11 is 1.53. The minimum absolute atomic E-state index is 0.408. The van der Waals surface area contributed by atoms with Gasteiger partial charge in [0.2, 0.25) is 11.8 Å². The maximum atomic E-state index is 5.60. The van der Waals surface area contributed by atoms with E-state index in [1.54, 1.807) is 11.7 Å². The van der Waals surface area contributed by atoms with E-state index >= 15 is 0 Å². The lowest BCUT2D eigenvalue weighted by molar-refractivity contribution is 0.397. The molecule has 0 aliphatic carbocycles. The first-order valence-corrected chi connectivity index (χ1v) is 5.97. The van der Waals surface area contributed by atoms with Crippen molar-refractivity contribution in [1.82, 2.24) is 19.7 Å². The molecule has 0 aliphatic heterocycles. The highest BCUT2D eigenvalue weighted by Gasteiger charge is 2.07. The smallest absolute Gasteiger partial charge is 0.222 e. The van der Waals surface area contributed by atoms with Crippen LogP contribution in [-0.2, 0) is 12.8 Å². The third-order valence-corrected chi connectivity index (χ3v) is 3.26. The summed E-state index contributed by atoms with van der Waals surface area (Å²) in [6.07, 6.45) is 0. The van der Waals surface area contributed by atoms with Gasteiger partial charge in [-0.25, -0.2) is 4.98 Å². The molecule has 0 saturated heterocycles. The molecule has 90 valence electrons. The largest absolute Gasteiger partial charge is 0.481 e. The molecule has 0 bridgehead atoms. The molecule has 0 aliphatic rings. The number of hydrogen-bond acceptors (Lipinski definition) is 6. The Labute approximate surface area is 103 Å². The van der Waals surface area contributed by atoms with Gasteiger partial charge < -0.3 is 10.5 Å². The molecule has 0 spiro atoms. The van der Waals surface area contributed by atoms with Crippen LogP contribution in [0.15, 0.2) is 23.4 Å². The van der Waals surface area contributed by atoms with E-state index in [0.717, 1.165) is 10.9 Å². The fourth-order valence-electron chi connectivity index (χ4n) is 1.24. The number of nitrogens with zero attached hydrogens (tertiary/aromatic N) is 4. The van der Waals surface area contributed by atoms with Gasteiger partial charge in [-0.2, -0.15) is 0 Å². The van der Waals surface area contributed by atoms with Crippen molar-refractivity contribution < 1.29 is 4.74 Å². The molecule has 0 unspecified atom stereocenters. The van der Waals surface area contributed by atoms with Crippen LogP contribution in [0.5, 0.6) is 5.88 Å². The van der Waals surface area contributed by atoms with Crippen LogP contribution >= 0.6 is 11.8 Å². The molecule has 2 N–H and O–H groups in total. The summed E-state index contributed by atoms with van der Waals surface area (Å²) in [5, 5.41) is 8.52. The molecule has 0 fully saturated rings. The maximum absolute atomic E-state index is 5.60. The summed E-state index contributed by atoms with van der Waals surface area (Å²) in [6, 6.07) is 5.66. The number of nitrogens with two attached hydrogens (primary N) is 1. The second-order valence-corrected chi connectivity index (χ2v) is 4.30. The fourth-order valence-corrected chi connectivity index (χ4v) is 2.07. The monoisotopic (exact) mass is 251 g/mol. The van der Waals surface area contributed by atoms with Crippen LogP contribution in [0.2, 0.25) is 0 Å². The Hall–Kier alpha value is -1.76. The van der Waals surface area contributed by atoms with Gasteiger partial charge in [0, 0.05) is 18.9 Å². The van der Waals surface area contributed by atoms with Crippen LogP contribution in [0, 0.1) is 0 Å². The number of rotatable bonds is 4. The number of aromatic nitrogens is 4. The number of methoxy groups -OCH3 is 1. The van der Waals surface area contributed by atoms with E-state index in [-0.39, 0.29) is 0 Å². The molecule has 17 heavy (non-hydrogen) atoms. The topological polar surface area (TPSA) is 78.9 Å². The van der Waals surface area contributed by atoms with Gasteiger partial charge in [0.25, 0.3) is 0 Å². The van der Waals surface area contributed by atoms with E-state index in [2.05, 4.69) is 15.2 Å². The molecule has 7 heteroatoms. The molecule has 6 nitrogen and oxygen atoms in total. The van der Waals surface area contributed by atoms with Gasteiger partial charge >= 0.3 is 0 Å². The summed E-state index contributed by atoms with van der Waals surface area (Å²) in [5.74, 6) is 1.72. The number of thioether (sulfide) groups is 1. The minimum Gasteiger partial charge on any atom is -0.481 e. The first-order chi connectivity index (χ1) is 8.20. The van der Waals surface area contributed by atoms with Crippen LogP contribution in [0.3, 0.4) is 0 Å². The lowest BCUT2D eigenvalue weighted by Gasteiger charge is -2.03. The Morgan fingerprint density at radius 1 is 1.41 bits per heavy atom. The Morgan fingerprint density at radius 3 is 2.88 bits per heavy atom. The van der Waals surface area contributed by atoms with Crippen molar-refractivity contribution in [1.29, 1.82) is 0 Å². The lowest BCUT2D eigenvalue weighted by atomic mass is 10.4. The van der Waals surface area contributed by atoms with E-state index in [9.17, 15) is 0 Å². The molecule has 2 aromatic rings. The molecule has 0 amide bonds. The number of ether oxygens (including phenoxy) is 1. The van der Waals surface area contributed by atoms with Crippen LogP contribution in [0.25, 0.3) is 0 Å². The van der Waals surface area contributed by atoms with E-state index in [1.165, 1.54) is 11.8 Å². The van der Waals surface area contributed by atoms with Crippen LogP contribution in [-0.4, -0.2) is 26.9 Å². The molecule has 0 radical (unpaired) electrons. The Bertz CT molecular complexity index is 513. The Kier molecular flexibility index (Phi) is 3.48. The lowest BCUT2D eigenvalue weighted by Crippen LogP contribution is -1.98. The predicted molar refractivity (Wildman–Crippen MR) is 65.8 cm³/mol. The standard InChI is InChI=1S/C10H13N5OS/c1-15-9(11)13-14-10(15)17-6-7-4-3-5-8(12-7)16-2/h3-5H,6H2,1-2H3,(H2,11,13). The third kappa shape index (κ3) is 2.68. The third-order valence-electron chi connectivity index (χ3n) is 2.21. The highest BCUT2D eigenvalue weighted by atomic mass is 32.2. The van der Waals surface area contributed by atoms with E-state index in [1.807, 2.05) is 25.2 Å². The van der Waals surface area contributed by atoms with Crippen LogP contribution in [0.1, 0.15) is 5.69 Å². The van der Waals surface area contributed by atoms with Gasteiger partial charge in [-0.05, 0) is 6.07 Å². The molecule has 2 rings (SSSR count). The maximum Gasteiger partial charge on any atom is 0.222 e. The molecule has 0 saturated carbocycles. The highest BCUT2D eigenvalue weighted by molar-refractivity contribution is 7.98. The first kappa shape index (κ1) is 11.7. The van der Waals surface area contributed by atoms with Gasteiger partial charge in [-0.15, -0.1) is 10.2 Å². The average Bonchev–Trinajstić information content (AvgIpc) is 2.68. The molecule has 2 aromatic heterocycles. The van der Waals surface area contributed by atoms with Gasteiger partial charge in [0.1, 0.15) is 0 Å². The van der Waals surface area contributed by atoms with Crippen molar-refractivity contribution in [2.45, 2.75) is 10.9 Å². The molecular formula is C10H13N5OS. The SMILES string of the molecule is COc1cccc(CSc2nnc(N)n2C)n1. The van der Waals surface area contributed by atoms with E-state index in [0.29, 0.717) is 17.6 Å². The van der Waals surface area contributed by atoms with Crippen molar-refractivity contribution >= 4 is 17.7 Å². The van der Waals surface area contributed by atoms with Gasteiger partial charge in [-0.3, -0.25) is 4.57 Å². The van der Waals surface area contributed by atoms with Gasteiger partial charge in [0.15, 0.2) is 5.16 Å². The van der Waals surface area contributed by atoms with Gasteiger partial charge in [0.05, 0.1) is 12.8 Å². The van der Waals surface area contributed by atoms with Crippen LogP contribution in [0.4, 0.5) is 5.95 Å². The van der Waals surface area contributed by atoms with Gasteiger partial charge in [-0.1, -0.05) is 17.8 Å². The number of nitrogen functional groups attached to an aromatic ring is 1. The van der Waals surface area contributed by atoms with Crippen molar-refractivity contribution in [3.05, 3.63) is 23.9 Å². The minimum atomic E-state index is 0.408. The van der Waals surface area contributed by atoms with Crippen molar-refractivity contribution in [2.24, 2.45) is 7.05 Å². The highest BCUT2D eigenvalue weighted by Crippen LogP contribution is 2.21. The zero-order valence-corrected chi connectivity index (χ0v) is 10.4. The summed E-state index contributed by atoms with van der Waals surface area (Å²) in [5.41, 5.74) is 6.52. The summed E-state index contributed by atoms with van der Waals surface area (Å²) in [7, 11) is 3.43. The summed E-state index contributed by atoms with van der Waals surface area (Å²) in [6.45, 7) is 0. The second kappa shape index (κ2) is 5.05. The fraction of sp³-hybridized carbons (Fsp3) is 0.300. The summed E-state index contributed by atoms with van der Waals surface area (Å²) < 4.78 is 6.80. The Morgan fingerprint density at radius 2 is 2.24 bits per heavy atom. The van der Waals surface area contributed by atoms with E-state index < -0.39 is 0 Å². The normalized spacial score (nSPS) is 10.5. The second-order valence-electron chi connectivity index (χ2n) is 3.36. The van der Waals surface area contributed by atoms with Crippen molar-refractivity contribution in [3.8, 4) is 5.88 Å². The number of hydrogen-bond donors (Lipinski definition) is 1. The number of pyridine rings is 1. The van der Waals surface area contributed by atoms with Crippen LogP contribution < -0.4 is 10.5 Å². The van der Waals surface area contributed by atoms with Crippen molar-refractivity contribution in [2.75, 3.05) is 12.8 Å².